The number of ether oxygens (including phenoxy) is 1. The van der Waals surface area contributed by atoms with E-state index in [0.29, 0.717) is 19.4 Å². The van der Waals surface area contributed by atoms with Crippen molar-refractivity contribution in [3.05, 3.63) is 0 Å². The third-order valence-electron chi connectivity index (χ3n) is 6.04. The van der Waals surface area contributed by atoms with Crippen LogP contribution in [0, 0.1) is 17.3 Å². The number of carbonyl (C=O) groups is 1. The second kappa shape index (κ2) is 4.18. The molecule has 3 N–H and O–H groups in total. The largest absolute Gasteiger partial charge is 0.479 e. The molecule has 5 unspecified atom stereocenters. The van der Waals surface area contributed by atoms with Crippen molar-refractivity contribution >= 4 is 5.97 Å². The molecule has 2 bridgehead atoms. The van der Waals surface area contributed by atoms with Crippen molar-refractivity contribution in [1.29, 1.82) is 0 Å². The molecule has 0 aromatic heterocycles. The van der Waals surface area contributed by atoms with Crippen LogP contribution in [0.4, 0.5) is 0 Å². The quantitative estimate of drug-likeness (QED) is 0.708. The molecule has 5 heteroatoms. The molecular formula is C15H24O5. The Labute approximate surface area is 118 Å². The van der Waals surface area contributed by atoms with Gasteiger partial charge in [-0.3, -0.25) is 0 Å². The van der Waals surface area contributed by atoms with Gasteiger partial charge in [-0.1, -0.05) is 0 Å². The van der Waals surface area contributed by atoms with Crippen molar-refractivity contribution in [2.75, 3.05) is 6.61 Å². The summed E-state index contributed by atoms with van der Waals surface area (Å²) in [6, 6.07) is 0. The molecule has 1 aliphatic heterocycles. The lowest BCUT2D eigenvalue weighted by atomic mass is 9.70. The Hall–Kier alpha value is -0.650. The summed E-state index contributed by atoms with van der Waals surface area (Å²) in [4.78, 5) is 11.4. The fraction of sp³-hybridized carbons (Fsp3) is 0.933. The number of aliphatic carboxylic acids is 1. The van der Waals surface area contributed by atoms with Crippen LogP contribution >= 0.6 is 0 Å². The molecule has 3 fully saturated rings. The molecule has 5 nitrogen and oxygen atoms in total. The van der Waals surface area contributed by atoms with Gasteiger partial charge in [0.15, 0.2) is 5.60 Å². The van der Waals surface area contributed by atoms with Crippen molar-refractivity contribution in [3.8, 4) is 0 Å². The highest BCUT2D eigenvalue weighted by Gasteiger charge is 2.63. The van der Waals surface area contributed by atoms with Crippen LogP contribution < -0.4 is 0 Å². The second-order valence-corrected chi connectivity index (χ2v) is 7.54. The Bertz CT molecular complexity index is 428. The van der Waals surface area contributed by atoms with E-state index in [1.807, 2.05) is 13.8 Å². The van der Waals surface area contributed by atoms with Crippen LogP contribution in [0.2, 0.25) is 0 Å². The van der Waals surface area contributed by atoms with Crippen molar-refractivity contribution in [1.82, 2.24) is 0 Å². The number of hydrogen-bond acceptors (Lipinski definition) is 4. The standard InChI is InChI=1S/C15H24O5/c1-13(2,18)9-3-5-14-7-11(20-8-14)15(19,12(16)17)6-4-10(9)14/h9-11,18-19H,3-8H2,1-2H3,(H,16,17). The molecular weight excluding hydrogens is 260 g/mol. The van der Waals surface area contributed by atoms with E-state index in [1.165, 1.54) is 0 Å². The first-order valence-electron chi connectivity index (χ1n) is 7.49. The topological polar surface area (TPSA) is 87.0 Å². The van der Waals surface area contributed by atoms with Gasteiger partial charge in [0.25, 0.3) is 0 Å². The predicted molar refractivity (Wildman–Crippen MR) is 71.1 cm³/mol. The summed E-state index contributed by atoms with van der Waals surface area (Å²) >= 11 is 0. The van der Waals surface area contributed by atoms with Crippen LogP contribution in [0.25, 0.3) is 0 Å². The zero-order valence-electron chi connectivity index (χ0n) is 12.1. The molecule has 114 valence electrons. The van der Waals surface area contributed by atoms with Crippen LogP contribution in [0.1, 0.15) is 46.0 Å². The fourth-order valence-electron chi connectivity index (χ4n) is 4.88. The van der Waals surface area contributed by atoms with Crippen molar-refractivity contribution in [2.45, 2.75) is 63.3 Å². The molecule has 0 aromatic carbocycles. The summed E-state index contributed by atoms with van der Waals surface area (Å²) < 4.78 is 5.69. The van der Waals surface area contributed by atoms with Crippen LogP contribution in [0.3, 0.4) is 0 Å². The lowest BCUT2D eigenvalue weighted by molar-refractivity contribution is -0.175. The number of fused-ring (bicyclic) bond motifs is 1. The van der Waals surface area contributed by atoms with E-state index in [1.54, 1.807) is 0 Å². The minimum Gasteiger partial charge on any atom is -0.479 e. The monoisotopic (exact) mass is 284 g/mol. The third-order valence-corrected chi connectivity index (χ3v) is 6.04. The maximum atomic E-state index is 11.4. The molecule has 2 aliphatic carbocycles. The first-order valence-corrected chi connectivity index (χ1v) is 7.49. The van der Waals surface area contributed by atoms with Gasteiger partial charge in [0.05, 0.1) is 18.3 Å². The van der Waals surface area contributed by atoms with Crippen molar-refractivity contribution < 1.29 is 24.9 Å². The molecule has 1 heterocycles. The van der Waals surface area contributed by atoms with Crippen LogP contribution in [0.15, 0.2) is 0 Å². The van der Waals surface area contributed by atoms with Crippen LogP contribution in [-0.2, 0) is 9.53 Å². The molecule has 20 heavy (non-hydrogen) atoms. The minimum absolute atomic E-state index is 0.0464. The summed E-state index contributed by atoms with van der Waals surface area (Å²) in [5, 5.41) is 30.2. The molecule has 3 aliphatic rings. The Balaban J connectivity index is 1.94. The zero-order chi connectivity index (χ0) is 14.8. The van der Waals surface area contributed by atoms with Gasteiger partial charge < -0.3 is 20.1 Å². The highest BCUT2D eigenvalue weighted by atomic mass is 16.5. The Morgan fingerprint density at radius 3 is 2.60 bits per heavy atom. The van der Waals surface area contributed by atoms with E-state index in [2.05, 4.69) is 0 Å². The van der Waals surface area contributed by atoms with E-state index in [-0.39, 0.29) is 23.7 Å². The highest BCUT2D eigenvalue weighted by molar-refractivity contribution is 5.78. The third kappa shape index (κ3) is 1.83. The van der Waals surface area contributed by atoms with E-state index < -0.39 is 23.3 Å². The number of carboxylic acid groups (broad SMARTS) is 1. The summed E-state index contributed by atoms with van der Waals surface area (Å²) in [6.07, 6.45) is 2.77. The predicted octanol–water partition coefficient (Wildman–Crippen LogP) is 1.17. The maximum Gasteiger partial charge on any atom is 0.338 e. The lowest BCUT2D eigenvalue weighted by Crippen LogP contribution is -2.49. The number of aliphatic hydroxyl groups is 2. The molecule has 0 aromatic rings. The van der Waals surface area contributed by atoms with Gasteiger partial charge >= 0.3 is 5.97 Å². The Kier molecular flexibility index (Phi) is 2.99. The molecule has 0 radical (unpaired) electrons. The van der Waals surface area contributed by atoms with Gasteiger partial charge in [0.2, 0.25) is 0 Å². The first-order chi connectivity index (χ1) is 9.19. The Morgan fingerprint density at radius 1 is 1.30 bits per heavy atom. The van der Waals surface area contributed by atoms with Crippen molar-refractivity contribution in [2.24, 2.45) is 17.3 Å². The summed E-state index contributed by atoms with van der Waals surface area (Å²) in [5.74, 6) is -0.791. The molecule has 1 saturated heterocycles. The van der Waals surface area contributed by atoms with Gasteiger partial charge in [-0.25, -0.2) is 4.79 Å². The SMILES string of the molecule is CC(C)(O)C1CCC23COC(C2)C(O)(C(=O)O)CCC13. The number of rotatable bonds is 2. The average molecular weight is 284 g/mol. The minimum atomic E-state index is -1.77. The van der Waals surface area contributed by atoms with Crippen LogP contribution in [0.5, 0.6) is 0 Å². The first kappa shape index (κ1) is 14.3. The number of hydrogen-bond donors (Lipinski definition) is 3. The molecule has 3 rings (SSSR count). The normalized spacial score (nSPS) is 47.9. The second-order valence-electron chi connectivity index (χ2n) is 7.54. The molecule has 1 spiro atoms. The molecule has 2 saturated carbocycles. The van der Waals surface area contributed by atoms with Gasteiger partial charge in [-0.05, 0) is 63.2 Å². The average Bonchev–Trinajstić information content (AvgIpc) is 2.88. The highest BCUT2D eigenvalue weighted by Crippen LogP contribution is 2.61. The number of carboxylic acids is 1. The van der Waals surface area contributed by atoms with Gasteiger partial charge in [-0.2, -0.15) is 0 Å². The Morgan fingerprint density at radius 2 is 2.00 bits per heavy atom. The lowest BCUT2D eigenvalue weighted by Gasteiger charge is -2.37. The smallest absolute Gasteiger partial charge is 0.338 e. The fourth-order valence-corrected chi connectivity index (χ4v) is 4.88. The van der Waals surface area contributed by atoms with E-state index >= 15 is 0 Å². The zero-order valence-corrected chi connectivity index (χ0v) is 12.1. The van der Waals surface area contributed by atoms with Crippen LogP contribution in [-0.4, -0.2) is 45.2 Å². The van der Waals surface area contributed by atoms with Gasteiger partial charge in [0, 0.05) is 0 Å². The van der Waals surface area contributed by atoms with Gasteiger partial charge in [-0.15, -0.1) is 0 Å². The summed E-state index contributed by atoms with van der Waals surface area (Å²) in [7, 11) is 0. The summed E-state index contributed by atoms with van der Waals surface area (Å²) in [6.45, 7) is 4.18. The van der Waals surface area contributed by atoms with Crippen molar-refractivity contribution in [3.63, 3.8) is 0 Å². The van der Waals surface area contributed by atoms with E-state index in [4.69, 9.17) is 4.74 Å². The summed E-state index contributed by atoms with van der Waals surface area (Å²) in [5.41, 5.74) is -2.58. The molecule has 0 amide bonds. The maximum absolute atomic E-state index is 11.4. The van der Waals surface area contributed by atoms with E-state index in [9.17, 15) is 20.1 Å². The molecule has 5 atom stereocenters. The van der Waals surface area contributed by atoms with E-state index in [0.717, 1.165) is 12.8 Å². The van der Waals surface area contributed by atoms with Gasteiger partial charge in [0.1, 0.15) is 0 Å².